The zero-order valence-corrected chi connectivity index (χ0v) is 22.4. The molecule has 0 aliphatic carbocycles. The second-order valence-corrected chi connectivity index (χ2v) is 12.2. The van der Waals surface area contributed by atoms with E-state index in [0.717, 1.165) is 10.1 Å². The molecule has 13 heteroatoms. The van der Waals surface area contributed by atoms with Crippen LogP contribution in [-0.2, 0) is 22.9 Å². The molecule has 4 rings (SSSR count). The molecule has 1 aliphatic rings. The summed E-state index contributed by atoms with van der Waals surface area (Å²) in [5, 5.41) is 12.0. The van der Waals surface area contributed by atoms with Crippen LogP contribution in [-0.4, -0.2) is 59.0 Å². The number of H-pyrrole nitrogens is 1. The van der Waals surface area contributed by atoms with Gasteiger partial charge in [-0.25, -0.2) is 18.0 Å². The molecular formula is C23H24BrClN4O6S. The van der Waals surface area contributed by atoms with Crippen LogP contribution < -0.4 is 16.6 Å². The Labute approximate surface area is 219 Å². The van der Waals surface area contributed by atoms with E-state index in [4.69, 9.17) is 16.7 Å². The average molecular weight is 600 g/mol. The Hall–Kier alpha value is -2.67. The van der Waals surface area contributed by atoms with Gasteiger partial charge in [0.25, 0.3) is 5.56 Å². The molecule has 1 fully saturated rings. The van der Waals surface area contributed by atoms with Crippen LogP contribution in [0.25, 0.3) is 10.9 Å². The molecule has 0 radical (unpaired) electrons. The molecule has 1 saturated heterocycles. The van der Waals surface area contributed by atoms with E-state index in [0.29, 0.717) is 41.1 Å². The molecule has 0 bridgehead atoms. The van der Waals surface area contributed by atoms with Crippen molar-refractivity contribution in [3.05, 3.63) is 71.8 Å². The fraction of sp³-hybridized carbons (Fsp3) is 0.348. The van der Waals surface area contributed by atoms with Crippen molar-refractivity contribution in [2.24, 2.45) is 0 Å². The van der Waals surface area contributed by atoms with Gasteiger partial charge < -0.3 is 15.4 Å². The first-order valence-corrected chi connectivity index (χ1v) is 14.0. The van der Waals surface area contributed by atoms with Crippen molar-refractivity contribution in [2.45, 2.75) is 37.4 Å². The number of carbonyl (C=O) groups is 1. The molecule has 2 heterocycles. The number of nitrogens with zero attached hydrogens (tertiary/aromatic N) is 2. The van der Waals surface area contributed by atoms with Gasteiger partial charge in [0.05, 0.1) is 28.1 Å². The van der Waals surface area contributed by atoms with Gasteiger partial charge >= 0.3 is 11.8 Å². The van der Waals surface area contributed by atoms with Gasteiger partial charge in [0, 0.05) is 35.2 Å². The number of amides is 1. The predicted molar refractivity (Wildman–Crippen MR) is 140 cm³/mol. The van der Waals surface area contributed by atoms with Gasteiger partial charge in [-0.1, -0.05) is 34.5 Å². The minimum absolute atomic E-state index is 0.0265. The first-order chi connectivity index (χ1) is 17.0. The molecule has 0 unspecified atom stereocenters. The molecule has 3 N–H and O–H groups in total. The van der Waals surface area contributed by atoms with Gasteiger partial charge in [-0.05, 0) is 47.9 Å². The van der Waals surface area contributed by atoms with Crippen molar-refractivity contribution in [3.63, 3.8) is 0 Å². The van der Waals surface area contributed by atoms with E-state index in [1.807, 2.05) is 0 Å². The van der Waals surface area contributed by atoms with Gasteiger partial charge in [0.15, 0.2) is 9.84 Å². The summed E-state index contributed by atoms with van der Waals surface area (Å²) in [5.74, 6) is -0.134. The summed E-state index contributed by atoms with van der Waals surface area (Å²) in [5.41, 5.74) is 0.203. The Bertz CT molecular complexity index is 1570. The van der Waals surface area contributed by atoms with Gasteiger partial charge in [-0.15, -0.1) is 0 Å². The van der Waals surface area contributed by atoms with E-state index in [1.165, 1.54) is 25.1 Å². The molecule has 192 valence electrons. The number of hydrogen-bond acceptors (Lipinski definition) is 6. The van der Waals surface area contributed by atoms with Gasteiger partial charge in [0.1, 0.15) is 0 Å². The lowest BCUT2D eigenvalue weighted by molar-refractivity contribution is 0.189. The second kappa shape index (κ2) is 10.4. The molecule has 1 amide bonds. The zero-order chi connectivity index (χ0) is 26.2. The fourth-order valence-corrected chi connectivity index (χ4v) is 6.17. The van der Waals surface area contributed by atoms with Crippen molar-refractivity contribution in [3.8, 4) is 0 Å². The van der Waals surface area contributed by atoms with Crippen molar-refractivity contribution in [2.75, 3.05) is 18.8 Å². The van der Waals surface area contributed by atoms with E-state index < -0.39 is 27.2 Å². The lowest BCUT2D eigenvalue weighted by Gasteiger charge is -2.18. The molecule has 2 aromatic carbocycles. The molecule has 1 aliphatic heterocycles. The number of likely N-dealkylation sites (tertiary alicyclic amines) is 1. The van der Waals surface area contributed by atoms with Gasteiger partial charge in [-0.3, -0.25) is 14.3 Å². The predicted octanol–water partition coefficient (Wildman–Crippen LogP) is 2.79. The van der Waals surface area contributed by atoms with Crippen LogP contribution in [0.5, 0.6) is 0 Å². The number of fused-ring (bicyclic) bond motifs is 1. The number of rotatable bonds is 7. The summed E-state index contributed by atoms with van der Waals surface area (Å²) in [6.45, 7) is 3.01. The first kappa shape index (κ1) is 26.4. The van der Waals surface area contributed by atoms with E-state index >= 15 is 0 Å². The Morgan fingerprint density at radius 3 is 2.67 bits per heavy atom. The minimum Gasteiger partial charge on any atom is -0.465 e. The summed E-state index contributed by atoms with van der Waals surface area (Å²) >= 11 is 9.59. The fourth-order valence-electron chi connectivity index (χ4n) is 4.39. The highest BCUT2D eigenvalue weighted by Gasteiger charge is 2.25. The number of nitrogens with one attached hydrogen (secondary N) is 2. The third-order valence-electron chi connectivity index (χ3n) is 6.21. The number of benzene rings is 2. The standard InChI is InChI=1S/C23H24BrClN4O6S/c1-2-36(34,35)20-4-3-15(25)7-14(20)11-29-21(30)17-9-18(24)13(8-19(17)27-22(29)31)10-28-6-5-16(12-28)26-23(32)33/h3-4,7-9,16,26H,2,5-6,10-12H2,1H3,(H,27,31)(H,32,33)/t16-/m1/s1. The molecule has 36 heavy (non-hydrogen) atoms. The highest BCUT2D eigenvalue weighted by molar-refractivity contribution is 9.10. The monoisotopic (exact) mass is 598 g/mol. The summed E-state index contributed by atoms with van der Waals surface area (Å²) < 4.78 is 26.7. The van der Waals surface area contributed by atoms with Crippen LogP contribution in [0, 0.1) is 0 Å². The maximum absolute atomic E-state index is 13.3. The van der Waals surface area contributed by atoms with E-state index in [9.17, 15) is 22.8 Å². The summed E-state index contributed by atoms with van der Waals surface area (Å²) in [7, 11) is -3.60. The molecule has 1 atom stereocenters. The zero-order valence-electron chi connectivity index (χ0n) is 19.3. The highest BCUT2D eigenvalue weighted by Crippen LogP contribution is 2.25. The molecule has 0 saturated carbocycles. The Kier molecular flexibility index (Phi) is 7.60. The lowest BCUT2D eigenvalue weighted by Crippen LogP contribution is -2.36. The maximum atomic E-state index is 13.3. The van der Waals surface area contributed by atoms with Crippen molar-refractivity contribution >= 4 is 54.4 Å². The molecular weight excluding hydrogens is 576 g/mol. The van der Waals surface area contributed by atoms with E-state index in [1.54, 1.807) is 12.1 Å². The van der Waals surface area contributed by atoms with Crippen LogP contribution in [0.4, 0.5) is 4.79 Å². The third-order valence-corrected chi connectivity index (χ3v) is 9.01. The quantitative estimate of drug-likeness (QED) is 0.379. The van der Waals surface area contributed by atoms with Crippen LogP contribution in [0.2, 0.25) is 5.02 Å². The second-order valence-electron chi connectivity index (χ2n) is 8.64. The number of aromatic amines is 1. The smallest absolute Gasteiger partial charge is 0.404 e. The topological polar surface area (TPSA) is 142 Å². The summed E-state index contributed by atoms with van der Waals surface area (Å²) in [4.78, 5) is 41.9. The summed E-state index contributed by atoms with van der Waals surface area (Å²) in [6, 6.07) is 7.48. The summed E-state index contributed by atoms with van der Waals surface area (Å²) in [6.07, 6.45) is -0.363. The van der Waals surface area contributed by atoms with Crippen molar-refractivity contribution < 1.29 is 18.3 Å². The molecule has 0 spiro atoms. The number of halogens is 2. The first-order valence-electron chi connectivity index (χ1n) is 11.2. The van der Waals surface area contributed by atoms with Gasteiger partial charge in [0.2, 0.25) is 0 Å². The number of aromatic nitrogens is 2. The molecule has 3 aromatic rings. The Morgan fingerprint density at radius 1 is 1.22 bits per heavy atom. The highest BCUT2D eigenvalue weighted by atomic mass is 79.9. The third kappa shape index (κ3) is 5.51. The molecule has 10 nitrogen and oxygen atoms in total. The van der Waals surface area contributed by atoms with Crippen molar-refractivity contribution in [1.29, 1.82) is 0 Å². The van der Waals surface area contributed by atoms with Gasteiger partial charge in [-0.2, -0.15) is 0 Å². The normalized spacial score (nSPS) is 16.5. The Balaban J connectivity index is 1.68. The maximum Gasteiger partial charge on any atom is 0.404 e. The van der Waals surface area contributed by atoms with Crippen LogP contribution in [0.3, 0.4) is 0 Å². The van der Waals surface area contributed by atoms with Crippen molar-refractivity contribution in [1.82, 2.24) is 19.8 Å². The van der Waals surface area contributed by atoms with Crippen LogP contribution in [0.1, 0.15) is 24.5 Å². The number of sulfone groups is 1. The SMILES string of the molecule is CCS(=O)(=O)c1ccc(Cl)cc1Cn1c(=O)[nH]c2cc(CN3CC[C@@H](NC(=O)O)C3)c(Br)cc2c1=O. The van der Waals surface area contributed by atoms with E-state index in [2.05, 4.69) is 31.1 Å². The largest absolute Gasteiger partial charge is 0.465 e. The van der Waals surface area contributed by atoms with Crippen LogP contribution >= 0.6 is 27.5 Å². The van der Waals surface area contributed by atoms with E-state index in [-0.39, 0.29) is 34.2 Å². The minimum atomic E-state index is -3.60. The number of hydrogen-bond donors (Lipinski definition) is 3. The average Bonchev–Trinajstić information content (AvgIpc) is 3.24. The molecule has 1 aromatic heterocycles. The number of carboxylic acid groups (broad SMARTS) is 1. The lowest BCUT2D eigenvalue weighted by atomic mass is 10.1. The Morgan fingerprint density at radius 2 is 1.97 bits per heavy atom. The van der Waals surface area contributed by atoms with Crippen LogP contribution in [0.15, 0.2) is 49.3 Å².